The van der Waals surface area contributed by atoms with Gasteiger partial charge in [-0.15, -0.1) is 0 Å². The predicted octanol–water partition coefficient (Wildman–Crippen LogP) is 3.37. The molecule has 0 saturated heterocycles. The molecule has 0 aliphatic heterocycles. The van der Waals surface area contributed by atoms with Gasteiger partial charge in [-0.1, -0.05) is 11.6 Å². The van der Waals surface area contributed by atoms with E-state index in [2.05, 4.69) is 30.8 Å². The molecule has 0 fully saturated rings. The monoisotopic (exact) mass is 315 g/mol. The summed E-state index contributed by atoms with van der Waals surface area (Å²) in [6, 6.07) is 3.84. The highest BCUT2D eigenvalue weighted by molar-refractivity contribution is 9.10. The van der Waals surface area contributed by atoms with Crippen LogP contribution in [-0.4, -0.2) is 23.1 Å². The van der Waals surface area contributed by atoms with Crippen molar-refractivity contribution in [2.75, 3.05) is 13.6 Å². The van der Waals surface area contributed by atoms with Gasteiger partial charge in [0.15, 0.2) is 0 Å². The largest absolute Gasteiger partial charge is 0.327 e. The number of nitrogens with one attached hydrogen (secondary N) is 1. The van der Waals surface area contributed by atoms with Crippen LogP contribution < -0.4 is 5.32 Å². The van der Waals surface area contributed by atoms with Crippen molar-refractivity contribution in [1.29, 1.82) is 0 Å². The fourth-order valence-electron chi connectivity index (χ4n) is 1.96. The van der Waals surface area contributed by atoms with E-state index in [0.717, 1.165) is 45.9 Å². The molecule has 0 amide bonds. The molecule has 2 aromatic rings. The third kappa shape index (κ3) is 2.49. The maximum atomic E-state index is 6.13. The summed E-state index contributed by atoms with van der Waals surface area (Å²) in [5.74, 6) is 1.03. The number of fused-ring (bicyclic) bond motifs is 1. The summed E-state index contributed by atoms with van der Waals surface area (Å²) in [7, 11) is 1.96. The summed E-state index contributed by atoms with van der Waals surface area (Å²) in [4.78, 5) is 4.55. The Bertz CT molecular complexity index is 536. The second-order valence-corrected chi connectivity index (χ2v) is 5.20. The van der Waals surface area contributed by atoms with Crippen LogP contribution in [0.3, 0.4) is 0 Å². The third-order valence-electron chi connectivity index (χ3n) is 2.80. The van der Waals surface area contributed by atoms with Gasteiger partial charge in [-0.25, -0.2) is 4.98 Å². The van der Waals surface area contributed by atoms with Crippen LogP contribution in [0.25, 0.3) is 11.0 Å². The highest BCUT2D eigenvalue weighted by Crippen LogP contribution is 2.31. The highest BCUT2D eigenvalue weighted by atomic mass is 79.9. The quantitative estimate of drug-likeness (QED) is 0.877. The minimum Gasteiger partial charge on any atom is -0.327 e. The fraction of sp³-hybridized carbons (Fsp3) is 0.417. The van der Waals surface area contributed by atoms with Crippen molar-refractivity contribution in [1.82, 2.24) is 14.9 Å². The molecule has 17 heavy (non-hydrogen) atoms. The molecule has 0 spiro atoms. The van der Waals surface area contributed by atoms with Crippen LogP contribution in [0.2, 0.25) is 5.02 Å². The lowest BCUT2D eigenvalue weighted by molar-refractivity contribution is 0.612. The first-order valence-corrected chi connectivity index (χ1v) is 6.77. The second-order valence-electron chi connectivity index (χ2n) is 4.00. The Hall–Kier alpha value is -0.580. The SMILES string of the molecule is CNCCCn1c(C)nc2ccc(Cl)c(Br)c21. The second kappa shape index (κ2) is 5.38. The average Bonchev–Trinajstić information content (AvgIpc) is 2.62. The van der Waals surface area contributed by atoms with Gasteiger partial charge in [0.1, 0.15) is 5.82 Å². The molecule has 92 valence electrons. The molecule has 1 aromatic heterocycles. The van der Waals surface area contributed by atoms with Gasteiger partial charge in [0.2, 0.25) is 0 Å². The van der Waals surface area contributed by atoms with Gasteiger partial charge in [0.25, 0.3) is 0 Å². The first kappa shape index (κ1) is 12.9. The van der Waals surface area contributed by atoms with Gasteiger partial charge in [-0.05, 0) is 55.0 Å². The van der Waals surface area contributed by atoms with Crippen LogP contribution in [0.1, 0.15) is 12.2 Å². The van der Waals surface area contributed by atoms with Crippen LogP contribution in [0.5, 0.6) is 0 Å². The van der Waals surface area contributed by atoms with E-state index in [-0.39, 0.29) is 0 Å². The summed E-state index contributed by atoms with van der Waals surface area (Å²) >= 11 is 9.68. The Morgan fingerprint density at radius 1 is 1.47 bits per heavy atom. The van der Waals surface area contributed by atoms with Crippen molar-refractivity contribution in [3.05, 3.63) is 27.5 Å². The number of rotatable bonds is 4. The zero-order valence-corrected chi connectivity index (χ0v) is 12.3. The Kier molecular flexibility index (Phi) is 4.07. The first-order valence-electron chi connectivity index (χ1n) is 5.60. The Labute approximate surface area is 114 Å². The van der Waals surface area contributed by atoms with Crippen molar-refractivity contribution in [2.45, 2.75) is 19.9 Å². The van der Waals surface area contributed by atoms with Gasteiger partial charge in [-0.2, -0.15) is 0 Å². The molecule has 0 saturated carbocycles. The van der Waals surface area contributed by atoms with E-state index in [0.29, 0.717) is 0 Å². The van der Waals surface area contributed by atoms with Crippen molar-refractivity contribution < 1.29 is 0 Å². The molecule has 1 heterocycles. The lowest BCUT2D eigenvalue weighted by Gasteiger charge is -2.08. The number of hydrogen-bond donors (Lipinski definition) is 1. The summed E-state index contributed by atoms with van der Waals surface area (Å²) in [6.07, 6.45) is 1.07. The summed E-state index contributed by atoms with van der Waals surface area (Å²) in [5.41, 5.74) is 2.08. The summed E-state index contributed by atoms with van der Waals surface area (Å²) in [6.45, 7) is 3.97. The van der Waals surface area contributed by atoms with Gasteiger partial charge in [-0.3, -0.25) is 0 Å². The zero-order valence-electron chi connectivity index (χ0n) is 9.93. The van der Waals surface area contributed by atoms with Crippen LogP contribution in [-0.2, 0) is 6.54 Å². The van der Waals surface area contributed by atoms with Crippen LogP contribution in [0.15, 0.2) is 16.6 Å². The molecule has 0 aliphatic rings. The molecule has 0 atom stereocenters. The predicted molar refractivity (Wildman–Crippen MR) is 75.7 cm³/mol. The number of halogens is 2. The Morgan fingerprint density at radius 2 is 2.24 bits per heavy atom. The van der Waals surface area contributed by atoms with Crippen molar-refractivity contribution in [3.8, 4) is 0 Å². The first-order chi connectivity index (χ1) is 8.15. The highest BCUT2D eigenvalue weighted by Gasteiger charge is 2.12. The number of hydrogen-bond acceptors (Lipinski definition) is 2. The molecule has 0 radical (unpaired) electrons. The van der Waals surface area contributed by atoms with E-state index in [1.54, 1.807) is 0 Å². The summed E-state index contributed by atoms with van der Waals surface area (Å²) < 4.78 is 3.14. The lowest BCUT2D eigenvalue weighted by Crippen LogP contribution is -2.11. The molecule has 3 nitrogen and oxygen atoms in total. The van der Waals surface area contributed by atoms with Gasteiger partial charge < -0.3 is 9.88 Å². The van der Waals surface area contributed by atoms with Gasteiger partial charge in [0.05, 0.1) is 20.5 Å². The fourth-order valence-corrected chi connectivity index (χ4v) is 2.66. The molecule has 1 N–H and O–H groups in total. The standard InChI is InChI=1S/C12H15BrClN3/c1-8-16-10-5-4-9(14)11(13)12(10)17(8)7-3-6-15-2/h4-5,15H,3,6-7H2,1-2H3. The average molecular weight is 317 g/mol. The van der Waals surface area contributed by atoms with E-state index in [1.807, 2.05) is 26.1 Å². The van der Waals surface area contributed by atoms with Crippen molar-refractivity contribution >= 4 is 38.6 Å². The summed E-state index contributed by atoms with van der Waals surface area (Å²) in [5, 5.41) is 3.88. The van der Waals surface area contributed by atoms with Crippen LogP contribution in [0.4, 0.5) is 0 Å². The minimum atomic E-state index is 0.729. The van der Waals surface area contributed by atoms with E-state index >= 15 is 0 Å². The Morgan fingerprint density at radius 3 is 2.94 bits per heavy atom. The van der Waals surface area contributed by atoms with E-state index in [1.165, 1.54) is 0 Å². The maximum absolute atomic E-state index is 6.13. The van der Waals surface area contributed by atoms with Crippen molar-refractivity contribution in [3.63, 3.8) is 0 Å². The number of aromatic nitrogens is 2. The molecule has 2 rings (SSSR count). The van der Waals surface area contributed by atoms with Crippen LogP contribution >= 0.6 is 27.5 Å². The number of nitrogens with zero attached hydrogens (tertiary/aromatic N) is 2. The number of imidazole rings is 1. The van der Waals surface area contributed by atoms with Crippen molar-refractivity contribution in [2.24, 2.45) is 0 Å². The molecule has 5 heteroatoms. The molecule has 0 bridgehead atoms. The van der Waals surface area contributed by atoms with Gasteiger partial charge >= 0.3 is 0 Å². The topological polar surface area (TPSA) is 29.9 Å². The lowest BCUT2D eigenvalue weighted by atomic mass is 10.3. The third-order valence-corrected chi connectivity index (χ3v) is 4.15. The van der Waals surface area contributed by atoms with E-state index < -0.39 is 0 Å². The number of benzene rings is 1. The van der Waals surface area contributed by atoms with E-state index in [4.69, 9.17) is 11.6 Å². The Balaban J connectivity index is 2.46. The number of aryl methyl sites for hydroxylation is 2. The smallest absolute Gasteiger partial charge is 0.106 e. The molecule has 1 aromatic carbocycles. The zero-order chi connectivity index (χ0) is 12.4. The van der Waals surface area contributed by atoms with E-state index in [9.17, 15) is 0 Å². The van der Waals surface area contributed by atoms with Gasteiger partial charge in [0, 0.05) is 6.54 Å². The molecule has 0 unspecified atom stereocenters. The molecule has 0 aliphatic carbocycles. The minimum absolute atomic E-state index is 0.729. The molecular weight excluding hydrogens is 302 g/mol. The molecular formula is C12H15BrClN3. The normalized spacial score (nSPS) is 11.3. The van der Waals surface area contributed by atoms with Crippen LogP contribution in [0, 0.1) is 6.92 Å². The maximum Gasteiger partial charge on any atom is 0.106 e.